The van der Waals surface area contributed by atoms with Gasteiger partial charge < -0.3 is 14.1 Å². The van der Waals surface area contributed by atoms with Gasteiger partial charge >= 0.3 is 0 Å². The van der Waals surface area contributed by atoms with Crippen molar-refractivity contribution in [3.05, 3.63) is 95.1 Å². The van der Waals surface area contributed by atoms with Gasteiger partial charge in [-0.2, -0.15) is 0 Å². The highest BCUT2D eigenvalue weighted by Gasteiger charge is 2.24. The third kappa shape index (κ3) is 10.3. The first-order valence-corrected chi connectivity index (χ1v) is 12.4. The lowest BCUT2D eigenvalue weighted by atomic mass is 9.77. The van der Waals surface area contributed by atoms with Crippen molar-refractivity contribution < 1.29 is 9.53 Å². The fourth-order valence-electron chi connectivity index (χ4n) is 3.14. The van der Waals surface area contributed by atoms with Crippen molar-refractivity contribution in [3.8, 4) is 5.75 Å². The molecular formula is C29H40Cl2N2O2. The molecule has 3 rings (SSSR count). The van der Waals surface area contributed by atoms with Gasteiger partial charge in [0.15, 0.2) is 0 Å². The standard InChI is InChI=1S/C22H25ClN2O.C4H9Cl.C2H4.CH2O/c1-15-10-18(11-21(23)16(15)2)22(3,4)17-6-8-20(9-7-17)26-13-19-12-25(5)14-24-19;1-2-3-4-5;2*1-2/h6-12,14H,13H2,1-5H3;2-4H2,1H3;1-2H2;1H2. The zero-order valence-corrected chi connectivity index (χ0v) is 23.5. The first-order valence-electron chi connectivity index (χ1n) is 11.5. The summed E-state index contributed by atoms with van der Waals surface area (Å²) in [6.07, 6.45) is 6.10. The number of carbonyl (C=O) groups is 1. The summed E-state index contributed by atoms with van der Waals surface area (Å²) >= 11 is 11.7. The minimum Gasteiger partial charge on any atom is -0.487 e. The maximum atomic E-state index is 8.00. The number of aromatic nitrogens is 2. The summed E-state index contributed by atoms with van der Waals surface area (Å²) in [7, 11) is 1.95. The maximum Gasteiger partial charge on any atom is 0.132 e. The van der Waals surface area contributed by atoms with Crippen LogP contribution < -0.4 is 4.74 Å². The molecule has 0 aliphatic heterocycles. The van der Waals surface area contributed by atoms with Crippen LogP contribution in [0.2, 0.25) is 5.02 Å². The topological polar surface area (TPSA) is 44.1 Å². The Bertz CT molecular complexity index is 971. The van der Waals surface area contributed by atoms with E-state index in [0.717, 1.165) is 34.3 Å². The van der Waals surface area contributed by atoms with Crippen molar-refractivity contribution in [1.82, 2.24) is 9.55 Å². The van der Waals surface area contributed by atoms with Crippen LogP contribution in [0.4, 0.5) is 0 Å². The molecule has 0 radical (unpaired) electrons. The number of benzene rings is 2. The quantitative estimate of drug-likeness (QED) is 0.233. The number of hydrogen-bond donors (Lipinski definition) is 0. The van der Waals surface area contributed by atoms with Gasteiger partial charge in [-0.1, -0.05) is 57.0 Å². The molecule has 3 aromatic rings. The van der Waals surface area contributed by atoms with Crippen LogP contribution >= 0.6 is 23.2 Å². The molecule has 4 nitrogen and oxygen atoms in total. The van der Waals surface area contributed by atoms with Crippen LogP contribution in [-0.2, 0) is 23.9 Å². The van der Waals surface area contributed by atoms with Crippen LogP contribution in [0.5, 0.6) is 5.75 Å². The van der Waals surface area contributed by atoms with Crippen molar-refractivity contribution in [1.29, 1.82) is 0 Å². The number of unbranched alkanes of at least 4 members (excludes halogenated alkanes) is 1. The first-order chi connectivity index (χ1) is 16.7. The Hall–Kier alpha value is -2.56. The van der Waals surface area contributed by atoms with E-state index in [0.29, 0.717) is 6.61 Å². The van der Waals surface area contributed by atoms with E-state index < -0.39 is 0 Å². The predicted octanol–water partition coefficient (Wildman–Crippen LogP) is 8.24. The van der Waals surface area contributed by atoms with Crippen molar-refractivity contribution in [2.24, 2.45) is 7.05 Å². The fraction of sp³-hybridized carbons (Fsp3) is 0.379. The Morgan fingerprint density at radius 3 is 2.09 bits per heavy atom. The smallest absolute Gasteiger partial charge is 0.132 e. The highest BCUT2D eigenvalue weighted by atomic mass is 35.5. The van der Waals surface area contributed by atoms with Gasteiger partial charge in [0.25, 0.3) is 0 Å². The van der Waals surface area contributed by atoms with E-state index in [-0.39, 0.29) is 5.41 Å². The summed E-state index contributed by atoms with van der Waals surface area (Å²) in [4.78, 5) is 12.3. The van der Waals surface area contributed by atoms with E-state index in [1.807, 2.05) is 36.7 Å². The van der Waals surface area contributed by atoms with Gasteiger partial charge in [0, 0.05) is 29.6 Å². The van der Waals surface area contributed by atoms with Gasteiger partial charge in [0.2, 0.25) is 0 Å². The number of imidazole rings is 1. The third-order valence-corrected chi connectivity index (χ3v) is 6.19. The summed E-state index contributed by atoms with van der Waals surface area (Å²) in [6, 6.07) is 12.6. The molecule has 0 unspecified atom stereocenters. The zero-order chi connectivity index (χ0) is 27.0. The molecular weight excluding hydrogens is 479 g/mol. The van der Waals surface area contributed by atoms with Crippen molar-refractivity contribution in [2.75, 3.05) is 5.88 Å². The lowest BCUT2D eigenvalue weighted by molar-refractivity contribution is -0.0979. The second-order valence-corrected chi connectivity index (χ2v) is 9.20. The molecule has 0 saturated carbocycles. The van der Waals surface area contributed by atoms with Gasteiger partial charge in [-0.3, -0.25) is 0 Å². The molecule has 0 N–H and O–H groups in total. The average Bonchev–Trinajstić information content (AvgIpc) is 3.29. The van der Waals surface area contributed by atoms with Crippen LogP contribution in [0, 0.1) is 13.8 Å². The molecule has 0 aliphatic carbocycles. The normalized spacial score (nSPS) is 10.1. The Labute approximate surface area is 222 Å². The average molecular weight is 520 g/mol. The molecule has 0 spiro atoms. The van der Waals surface area contributed by atoms with Crippen LogP contribution in [0.15, 0.2) is 62.1 Å². The van der Waals surface area contributed by atoms with E-state index >= 15 is 0 Å². The Kier molecular flexibility index (Phi) is 15.7. The molecule has 2 aromatic carbocycles. The zero-order valence-electron chi connectivity index (χ0n) is 22.0. The van der Waals surface area contributed by atoms with Crippen LogP contribution in [0.1, 0.15) is 61.6 Å². The Morgan fingerprint density at radius 2 is 1.66 bits per heavy atom. The molecule has 6 heteroatoms. The van der Waals surface area contributed by atoms with Crippen molar-refractivity contribution >= 4 is 30.0 Å². The monoisotopic (exact) mass is 518 g/mol. The van der Waals surface area contributed by atoms with Gasteiger partial charge in [-0.25, -0.2) is 4.98 Å². The van der Waals surface area contributed by atoms with Gasteiger partial charge in [0.05, 0.1) is 12.0 Å². The molecule has 0 bridgehead atoms. The van der Waals surface area contributed by atoms with Gasteiger partial charge in [0.1, 0.15) is 19.1 Å². The van der Waals surface area contributed by atoms with E-state index in [9.17, 15) is 0 Å². The van der Waals surface area contributed by atoms with Gasteiger partial charge in [-0.05, 0) is 60.7 Å². The number of carbonyl (C=O) groups excluding carboxylic acids is 1. The lowest BCUT2D eigenvalue weighted by Crippen LogP contribution is -2.19. The minimum atomic E-state index is -0.137. The fourth-order valence-corrected chi connectivity index (χ4v) is 3.68. The predicted molar refractivity (Wildman–Crippen MR) is 151 cm³/mol. The largest absolute Gasteiger partial charge is 0.487 e. The molecule has 0 aliphatic rings. The first kappa shape index (κ1) is 32.4. The van der Waals surface area contributed by atoms with Crippen LogP contribution in [0.25, 0.3) is 0 Å². The Morgan fingerprint density at radius 1 is 1.06 bits per heavy atom. The summed E-state index contributed by atoms with van der Waals surface area (Å²) in [5.74, 6) is 1.66. The van der Waals surface area contributed by atoms with Crippen molar-refractivity contribution in [3.63, 3.8) is 0 Å². The SMILES string of the molecule is C=C.C=O.CCCCCl.Cc1cc(C(C)(C)c2ccc(OCc3cn(C)cn3)cc2)cc(Cl)c1C. The second kappa shape index (κ2) is 17.0. The molecule has 0 fully saturated rings. The highest BCUT2D eigenvalue weighted by Crippen LogP contribution is 2.35. The lowest BCUT2D eigenvalue weighted by Gasteiger charge is -2.27. The summed E-state index contributed by atoms with van der Waals surface area (Å²) in [6.45, 7) is 19.2. The van der Waals surface area contributed by atoms with Crippen LogP contribution in [0.3, 0.4) is 0 Å². The van der Waals surface area contributed by atoms with E-state index in [4.69, 9.17) is 32.7 Å². The van der Waals surface area contributed by atoms with Crippen molar-refractivity contribution in [2.45, 2.75) is 59.5 Å². The summed E-state index contributed by atoms with van der Waals surface area (Å²) in [5, 5.41) is 0.823. The summed E-state index contributed by atoms with van der Waals surface area (Å²) < 4.78 is 7.75. The number of ether oxygens (including phenoxy) is 1. The number of nitrogens with zero attached hydrogens (tertiary/aromatic N) is 2. The number of aryl methyl sites for hydroxylation is 2. The van der Waals surface area contributed by atoms with Gasteiger partial charge in [-0.15, -0.1) is 24.8 Å². The molecule has 1 heterocycles. The Balaban J connectivity index is 0.00000112. The minimum absolute atomic E-state index is 0.137. The summed E-state index contributed by atoms with van der Waals surface area (Å²) in [5.41, 5.74) is 5.58. The molecule has 35 heavy (non-hydrogen) atoms. The molecule has 0 amide bonds. The molecule has 1 aromatic heterocycles. The highest BCUT2D eigenvalue weighted by molar-refractivity contribution is 6.31. The maximum absolute atomic E-state index is 8.00. The molecule has 0 atom stereocenters. The number of halogens is 2. The second-order valence-electron chi connectivity index (χ2n) is 8.41. The number of rotatable bonds is 7. The van der Waals surface area contributed by atoms with Crippen LogP contribution in [-0.4, -0.2) is 22.2 Å². The van der Waals surface area contributed by atoms with E-state index in [1.165, 1.54) is 23.1 Å². The third-order valence-electron chi connectivity index (χ3n) is 5.53. The molecule has 192 valence electrons. The number of hydrogen-bond acceptors (Lipinski definition) is 3. The van der Waals surface area contributed by atoms with E-state index in [1.54, 1.807) is 6.33 Å². The van der Waals surface area contributed by atoms with E-state index in [2.05, 4.69) is 77.0 Å². The molecule has 0 saturated heterocycles. The number of alkyl halides is 1.